The molecular weight excluding hydrogens is 344 g/mol. The van der Waals surface area contributed by atoms with E-state index in [2.05, 4.69) is 4.99 Å². The lowest BCUT2D eigenvalue weighted by molar-refractivity contribution is -0.385. The topological polar surface area (TPSA) is 81.8 Å². The minimum atomic E-state index is -0.595. The summed E-state index contributed by atoms with van der Waals surface area (Å²) in [7, 11) is 0. The number of allylic oxidation sites excluding steroid dienone is 2. The molecule has 0 aliphatic carbocycles. The number of cyclic esters (lactones) is 1. The third-order valence-electron chi connectivity index (χ3n) is 3.36. The standard InChI is InChI=1S/C18H11ClN2O4/c19-14-8-3-7-13(11-14)17-20-15(18(22)25-17)9-4-6-12-5-1-2-10-16(12)21(23)24/h1-11H. The Morgan fingerprint density at radius 2 is 1.96 bits per heavy atom. The number of carbonyl (C=O) groups excluding carboxylic acids is 1. The summed E-state index contributed by atoms with van der Waals surface area (Å²) in [4.78, 5) is 26.5. The van der Waals surface area contributed by atoms with Crippen molar-refractivity contribution in [2.45, 2.75) is 0 Å². The van der Waals surface area contributed by atoms with Gasteiger partial charge in [-0.05, 0) is 36.4 Å². The number of rotatable bonds is 4. The lowest BCUT2D eigenvalue weighted by Gasteiger charge is -1.98. The average molecular weight is 355 g/mol. The second kappa shape index (κ2) is 7.11. The van der Waals surface area contributed by atoms with E-state index in [4.69, 9.17) is 16.3 Å². The second-order valence-corrected chi connectivity index (χ2v) is 5.48. The summed E-state index contributed by atoms with van der Waals surface area (Å²) >= 11 is 5.91. The fourth-order valence-corrected chi connectivity index (χ4v) is 2.40. The van der Waals surface area contributed by atoms with Gasteiger partial charge in [0.15, 0.2) is 5.70 Å². The number of hydrogen-bond donors (Lipinski definition) is 0. The summed E-state index contributed by atoms with van der Waals surface area (Å²) < 4.78 is 5.12. The number of benzene rings is 2. The predicted molar refractivity (Wildman–Crippen MR) is 94.3 cm³/mol. The maximum Gasteiger partial charge on any atom is 0.363 e. The number of esters is 1. The van der Waals surface area contributed by atoms with Gasteiger partial charge in [-0.2, -0.15) is 0 Å². The van der Waals surface area contributed by atoms with Gasteiger partial charge in [-0.3, -0.25) is 10.1 Å². The predicted octanol–water partition coefficient (Wildman–Crippen LogP) is 4.15. The molecule has 1 aliphatic heterocycles. The highest BCUT2D eigenvalue weighted by Gasteiger charge is 2.23. The van der Waals surface area contributed by atoms with Crippen molar-refractivity contribution in [2.24, 2.45) is 4.99 Å². The van der Waals surface area contributed by atoms with Gasteiger partial charge in [0.1, 0.15) is 0 Å². The lowest BCUT2D eigenvalue weighted by atomic mass is 10.1. The van der Waals surface area contributed by atoms with Crippen LogP contribution in [0.5, 0.6) is 0 Å². The van der Waals surface area contributed by atoms with Crippen LogP contribution in [0.25, 0.3) is 6.08 Å². The fourth-order valence-electron chi connectivity index (χ4n) is 2.21. The molecule has 0 saturated carbocycles. The van der Waals surface area contributed by atoms with Crippen LogP contribution in [0, 0.1) is 10.1 Å². The van der Waals surface area contributed by atoms with E-state index in [1.807, 2.05) is 0 Å². The Hall–Kier alpha value is -3.25. The van der Waals surface area contributed by atoms with Gasteiger partial charge < -0.3 is 4.74 Å². The molecule has 0 aromatic heterocycles. The quantitative estimate of drug-likeness (QED) is 0.357. The molecule has 0 radical (unpaired) electrons. The average Bonchev–Trinajstić information content (AvgIpc) is 2.96. The Labute approximate surface area is 147 Å². The van der Waals surface area contributed by atoms with Crippen molar-refractivity contribution in [3.63, 3.8) is 0 Å². The molecule has 0 saturated heterocycles. The van der Waals surface area contributed by atoms with Gasteiger partial charge in [0, 0.05) is 16.7 Å². The minimum Gasteiger partial charge on any atom is -0.402 e. The van der Waals surface area contributed by atoms with Gasteiger partial charge in [-0.15, -0.1) is 0 Å². The first-order chi connectivity index (χ1) is 12.0. The molecule has 2 aromatic carbocycles. The zero-order valence-corrected chi connectivity index (χ0v) is 13.5. The van der Waals surface area contributed by atoms with E-state index in [1.54, 1.807) is 42.5 Å². The van der Waals surface area contributed by atoms with E-state index in [-0.39, 0.29) is 17.3 Å². The summed E-state index contributed by atoms with van der Waals surface area (Å²) in [6.07, 6.45) is 4.49. The number of nitro groups is 1. The molecule has 0 bridgehead atoms. The second-order valence-electron chi connectivity index (χ2n) is 5.04. The van der Waals surface area contributed by atoms with Crippen LogP contribution >= 0.6 is 11.6 Å². The summed E-state index contributed by atoms with van der Waals surface area (Å²) in [6.45, 7) is 0. The normalized spacial score (nSPS) is 15.5. The molecule has 0 fully saturated rings. The van der Waals surface area contributed by atoms with E-state index in [0.717, 1.165) is 0 Å². The van der Waals surface area contributed by atoms with Crippen molar-refractivity contribution < 1.29 is 14.5 Å². The largest absolute Gasteiger partial charge is 0.402 e. The summed E-state index contributed by atoms with van der Waals surface area (Å²) in [5.74, 6) is -0.431. The van der Waals surface area contributed by atoms with Crippen molar-refractivity contribution in [2.75, 3.05) is 0 Å². The summed E-state index contributed by atoms with van der Waals surface area (Å²) in [6, 6.07) is 13.1. The van der Waals surface area contributed by atoms with Crippen LogP contribution in [0.2, 0.25) is 5.02 Å². The molecule has 3 rings (SSSR count). The highest BCUT2D eigenvalue weighted by Crippen LogP contribution is 2.21. The Balaban J connectivity index is 1.84. The van der Waals surface area contributed by atoms with E-state index in [9.17, 15) is 14.9 Å². The molecule has 6 nitrogen and oxygen atoms in total. The molecule has 0 N–H and O–H groups in total. The molecule has 124 valence electrons. The summed E-state index contributed by atoms with van der Waals surface area (Å²) in [5, 5.41) is 11.5. The van der Waals surface area contributed by atoms with Crippen LogP contribution in [0.1, 0.15) is 11.1 Å². The van der Waals surface area contributed by atoms with E-state index in [0.29, 0.717) is 16.1 Å². The highest BCUT2D eigenvalue weighted by molar-refractivity contribution is 6.31. The summed E-state index contributed by atoms with van der Waals surface area (Å²) in [5.41, 5.74) is 1.10. The Bertz CT molecular complexity index is 948. The van der Waals surface area contributed by atoms with Gasteiger partial charge in [0.05, 0.1) is 10.5 Å². The molecule has 25 heavy (non-hydrogen) atoms. The number of carbonyl (C=O) groups is 1. The van der Waals surface area contributed by atoms with Crippen LogP contribution in [0.15, 0.2) is 71.4 Å². The molecular formula is C18H11ClN2O4. The van der Waals surface area contributed by atoms with Crippen LogP contribution < -0.4 is 0 Å². The zero-order chi connectivity index (χ0) is 17.8. The Morgan fingerprint density at radius 3 is 2.72 bits per heavy atom. The lowest BCUT2D eigenvalue weighted by Crippen LogP contribution is -2.05. The van der Waals surface area contributed by atoms with E-state index < -0.39 is 10.9 Å². The van der Waals surface area contributed by atoms with Crippen LogP contribution in [-0.4, -0.2) is 16.8 Å². The first-order valence-electron chi connectivity index (χ1n) is 7.23. The SMILES string of the molecule is O=C1OC(c2cccc(Cl)c2)=NC1=CC=Cc1ccccc1[N+](=O)[O-]. The van der Waals surface area contributed by atoms with Crippen molar-refractivity contribution >= 4 is 35.2 Å². The van der Waals surface area contributed by atoms with E-state index in [1.165, 1.54) is 24.3 Å². The number of para-hydroxylation sites is 1. The van der Waals surface area contributed by atoms with Gasteiger partial charge in [0.2, 0.25) is 5.90 Å². The van der Waals surface area contributed by atoms with Crippen LogP contribution in [-0.2, 0) is 9.53 Å². The monoisotopic (exact) mass is 354 g/mol. The number of halogens is 1. The molecule has 0 amide bonds. The smallest absolute Gasteiger partial charge is 0.363 e. The minimum absolute atomic E-state index is 0.0192. The number of aliphatic imine (C=N–C) groups is 1. The highest BCUT2D eigenvalue weighted by atomic mass is 35.5. The molecule has 0 atom stereocenters. The van der Waals surface area contributed by atoms with Crippen LogP contribution in [0.4, 0.5) is 5.69 Å². The first kappa shape index (κ1) is 16.6. The molecule has 1 heterocycles. The third-order valence-corrected chi connectivity index (χ3v) is 3.59. The number of hydrogen-bond acceptors (Lipinski definition) is 5. The van der Waals surface area contributed by atoms with Gasteiger partial charge in [0.25, 0.3) is 5.69 Å². The van der Waals surface area contributed by atoms with Gasteiger partial charge in [-0.25, -0.2) is 9.79 Å². The first-order valence-corrected chi connectivity index (χ1v) is 7.61. The maximum atomic E-state index is 11.9. The Kier molecular flexibility index (Phi) is 4.72. The van der Waals surface area contributed by atoms with Crippen molar-refractivity contribution in [1.82, 2.24) is 0 Å². The molecule has 0 spiro atoms. The Morgan fingerprint density at radius 1 is 1.16 bits per heavy atom. The third kappa shape index (κ3) is 3.81. The van der Waals surface area contributed by atoms with Gasteiger partial charge in [-0.1, -0.05) is 35.9 Å². The molecule has 7 heteroatoms. The molecule has 2 aromatic rings. The van der Waals surface area contributed by atoms with Gasteiger partial charge >= 0.3 is 5.97 Å². The fraction of sp³-hybridized carbons (Fsp3) is 0. The number of ether oxygens (including phenoxy) is 1. The zero-order valence-electron chi connectivity index (χ0n) is 12.8. The van der Waals surface area contributed by atoms with Crippen molar-refractivity contribution in [3.8, 4) is 0 Å². The molecule has 0 unspecified atom stereocenters. The van der Waals surface area contributed by atoms with E-state index >= 15 is 0 Å². The number of nitro benzene ring substituents is 1. The van der Waals surface area contributed by atoms with Crippen molar-refractivity contribution in [1.29, 1.82) is 0 Å². The van der Waals surface area contributed by atoms with Crippen LogP contribution in [0.3, 0.4) is 0 Å². The molecule has 1 aliphatic rings. The number of nitrogens with zero attached hydrogens (tertiary/aromatic N) is 2. The maximum absolute atomic E-state index is 11.9. The van der Waals surface area contributed by atoms with Crippen molar-refractivity contribution in [3.05, 3.63) is 92.6 Å².